The summed E-state index contributed by atoms with van der Waals surface area (Å²) < 4.78 is 7.84. The lowest BCUT2D eigenvalue weighted by atomic mass is 10.1. The molecule has 1 aliphatic rings. The molecule has 3 aromatic rings. The molecule has 6 nitrogen and oxygen atoms in total. The fraction of sp³-hybridized carbons (Fsp3) is 0.421. The molecule has 0 amide bonds. The van der Waals surface area contributed by atoms with Gasteiger partial charge in [-0.15, -0.1) is 0 Å². The van der Waals surface area contributed by atoms with E-state index in [0.717, 1.165) is 61.5 Å². The van der Waals surface area contributed by atoms with Crippen LogP contribution in [0.2, 0.25) is 0 Å². The second-order valence-corrected chi connectivity index (χ2v) is 6.41. The summed E-state index contributed by atoms with van der Waals surface area (Å²) in [7, 11) is 0. The predicted molar refractivity (Wildman–Crippen MR) is 98.1 cm³/mol. The number of benzene rings is 1. The molecule has 0 radical (unpaired) electrons. The van der Waals surface area contributed by atoms with Crippen molar-refractivity contribution in [3.8, 4) is 5.69 Å². The molecule has 0 unspecified atom stereocenters. The molecule has 1 atom stereocenters. The third-order valence-electron chi connectivity index (χ3n) is 4.58. The summed E-state index contributed by atoms with van der Waals surface area (Å²) >= 11 is 0. The molecule has 130 valence electrons. The number of hydrogen-bond acceptors (Lipinski definition) is 5. The van der Waals surface area contributed by atoms with Gasteiger partial charge in [-0.05, 0) is 31.4 Å². The van der Waals surface area contributed by atoms with Gasteiger partial charge < -0.3 is 9.64 Å². The third kappa shape index (κ3) is 3.22. The Kier molecular flexibility index (Phi) is 4.61. The average molecular weight is 337 g/mol. The number of anilines is 1. The Morgan fingerprint density at radius 1 is 1.20 bits per heavy atom. The van der Waals surface area contributed by atoms with Crippen molar-refractivity contribution < 1.29 is 4.74 Å². The molecular weight excluding hydrogens is 314 g/mol. The van der Waals surface area contributed by atoms with E-state index < -0.39 is 0 Å². The lowest BCUT2D eigenvalue weighted by molar-refractivity contribution is 0.0439. The topological polar surface area (TPSA) is 56.1 Å². The number of hydrogen-bond donors (Lipinski definition) is 0. The van der Waals surface area contributed by atoms with Crippen molar-refractivity contribution in [1.82, 2.24) is 19.7 Å². The summed E-state index contributed by atoms with van der Waals surface area (Å²) in [6.07, 6.45) is 7.07. The van der Waals surface area contributed by atoms with Crippen molar-refractivity contribution >= 4 is 16.9 Å². The van der Waals surface area contributed by atoms with Crippen molar-refractivity contribution in [3.63, 3.8) is 0 Å². The van der Waals surface area contributed by atoms with Crippen LogP contribution < -0.4 is 4.90 Å². The van der Waals surface area contributed by atoms with Crippen molar-refractivity contribution in [3.05, 3.63) is 42.9 Å². The highest BCUT2D eigenvalue weighted by atomic mass is 16.5. The number of piperidine rings is 1. The third-order valence-corrected chi connectivity index (χ3v) is 4.58. The highest BCUT2D eigenvalue weighted by molar-refractivity contribution is 5.87. The van der Waals surface area contributed by atoms with Crippen LogP contribution in [-0.4, -0.2) is 45.5 Å². The number of nitrogens with zero attached hydrogens (tertiary/aromatic N) is 5. The molecule has 1 fully saturated rings. The Morgan fingerprint density at radius 3 is 2.92 bits per heavy atom. The standard InChI is InChI=1S/C19H23N5O/c1-2-11-25-16-9-6-10-23(13-16)18-17-12-22-24(19(17)21-14-20-18)15-7-4-3-5-8-15/h3-5,7-8,12,14,16H,2,6,9-11,13H2,1H3/t16-/m1/s1. The maximum Gasteiger partial charge on any atom is 0.168 e. The highest BCUT2D eigenvalue weighted by Crippen LogP contribution is 2.27. The van der Waals surface area contributed by atoms with E-state index in [1.54, 1.807) is 6.33 Å². The summed E-state index contributed by atoms with van der Waals surface area (Å²) in [6, 6.07) is 10.1. The maximum absolute atomic E-state index is 5.96. The number of rotatable bonds is 5. The van der Waals surface area contributed by atoms with Gasteiger partial charge in [-0.2, -0.15) is 5.10 Å². The SMILES string of the molecule is CCCO[C@@H]1CCCN(c2ncnc3c2cnn3-c2ccccc2)C1. The molecule has 1 aromatic carbocycles. The molecule has 0 saturated carbocycles. The highest BCUT2D eigenvalue weighted by Gasteiger charge is 2.24. The first kappa shape index (κ1) is 16.0. The van der Waals surface area contributed by atoms with Gasteiger partial charge in [0, 0.05) is 19.7 Å². The molecular formula is C19H23N5O. The monoisotopic (exact) mass is 337 g/mol. The molecule has 0 N–H and O–H groups in total. The fourth-order valence-corrected chi connectivity index (χ4v) is 3.39. The second kappa shape index (κ2) is 7.19. The van der Waals surface area contributed by atoms with E-state index in [1.807, 2.05) is 41.2 Å². The zero-order chi connectivity index (χ0) is 17.1. The molecule has 3 heterocycles. The Morgan fingerprint density at radius 2 is 2.08 bits per heavy atom. The van der Waals surface area contributed by atoms with Gasteiger partial charge in [-0.3, -0.25) is 0 Å². The van der Waals surface area contributed by atoms with Gasteiger partial charge in [-0.1, -0.05) is 25.1 Å². The lowest BCUT2D eigenvalue weighted by Crippen LogP contribution is -2.40. The van der Waals surface area contributed by atoms with E-state index in [1.165, 1.54) is 0 Å². The van der Waals surface area contributed by atoms with E-state index in [0.29, 0.717) is 0 Å². The van der Waals surface area contributed by atoms with Gasteiger partial charge in [0.25, 0.3) is 0 Å². The molecule has 0 bridgehead atoms. The van der Waals surface area contributed by atoms with Crippen LogP contribution in [0.25, 0.3) is 16.7 Å². The van der Waals surface area contributed by atoms with Gasteiger partial charge >= 0.3 is 0 Å². The molecule has 2 aromatic heterocycles. The van der Waals surface area contributed by atoms with Crippen molar-refractivity contribution in [2.45, 2.75) is 32.3 Å². The quantitative estimate of drug-likeness (QED) is 0.715. The Hall–Kier alpha value is -2.47. The number of aromatic nitrogens is 4. The van der Waals surface area contributed by atoms with Crippen LogP contribution in [0.3, 0.4) is 0 Å². The summed E-state index contributed by atoms with van der Waals surface area (Å²) in [4.78, 5) is 11.3. The van der Waals surface area contributed by atoms with E-state index >= 15 is 0 Å². The van der Waals surface area contributed by atoms with Crippen molar-refractivity contribution in [1.29, 1.82) is 0 Å². The van der Waals surface area contributed by atoms with Crippen LogP contribution in [0.1, 0.15) is 26.2 Å². The van der Waals surface area contributed by atoms with Crippen LogP contribution in [0.15, 0.2) is 42.9 Å². The van der Waals surface area contributed by atoms with E-state index in [4.69, 9.17) is 4.74 Å². The lowest BCUT2D eigenvalue weighted by Gasteiger charge is -2.33. The van der Waals surface area contributed by atoms with Crippen LogP contribution in [-0.2, 0) is 4.74 Å². The Bertz CT molecular complexity index is 832. The average Bonchev–Trinajstić information content (AvgIpc) is 3.11. The van der Waals surface area contributed by atoms with Crippen molar-refractivity contribution in [2.24, 2.45) is 0 Å². The number of para-hydroxylation sites is 1. The maximum atomic E-state index is 5.96. The predicted octanol–water partition coefficient (Wildman–Crippen LogP) is 3.21. The smallest absolute Gasteiger partial charge is 0.168 e. The Labute approximate surface area is 147 Å². The van der Waals surface area contributed by atoms with Gasteiger partial charge in [0.1, 0.15) is 12.1 Å². The summed E-state index contributed by atoms with van der Waals surface area (Å²) in [5.41, 5.74) is 1.85. The van der Waals surface area contributed by atoms with Gasteiger partial charge in [0.15, 0.2) is 5.65 Å². The minimum absolute atomic E-state index is 0.280. The largest absolute Gasteiger partial charge is 0.376 e. The molecule has 0 aliphatic carbocycles. The zero-order valence-corrected chi connectivity index (χ0v) is 14.5. The van der Waals surface area contributed by atoms with Gasteiger partial charge in [0.05, 0.1) is 23.4 Å². The molecule has 1 aliphatic heterocycles. The first-order chi connectivity index (χ1) is 12.4. The van der Waals surface area contributed by atoms with Gasteiger partial charge in [0.2, 0.25) is 0 Å². The molecule has 6 heteroatoms. The van der Waals surface area contributed by atoms with Crippen LogP contribution in [0.5, 0.6) is 0 Å². The molecule has 0 spiro atoms. The first-order valence-corrected chi connectivity index (χ1v) is 8.97. The minimum Gasteiger partial charge on any atom is -0.376 e. The summed E-state index contributed by atoms with van der Waals surface area (Å²) in [5, 5.41) is 5.53. The number of fused-ring (bicyclic) bond motifs is 1. The fourth-order valence-electron chi connectivity index (χ4n) is 3.39. The van der Waals surface area contributed by atoms with E-state index in [2.05, 4.69) is 26.9 Å². The van der Waals surface area contributed by atoms with Crippen LogP contribution >= 0.6 is 0 Å². The van der Waals surface area contributed by atoms with E-state index in [-0.39, 0.29) is 6.10 Å². The minimum atomic E-state index is 0.280. The molecule has 25 heavy (non-hydrogen) atoms. The van der Waals surface area contributed by atoms with E-state index in [9.17, 15) is 0 Å². The summed E-state index contributed by atoms with van der Waals surface area (Å²) in [6.45, 7) is 4.84. The number of ether oxygens (including phenoxy) is 1. The Balaban J connectivity index is 1.65. The van der Waals surface area contributed by atoms with Crippen LogP contribution in [0.4, 0.5) is 5.82 Å². The normalized spacial score (nSPS) is 18.0. The summed E-state index contributed by atoms with van der Waals surface area (Å²) in [5.74, 6) is 0.956. The second-order valence-electron chi connectivity index (χ2n) is 6.41. The van der Waals surface area contributed by atoms with Crippen LogP contribution in [0, 0.1) is 0 Å². The first-order valence-electron chi connectivity index (χ1n) is 8.97. The van der Waals surface area contributed by atoms with Crippen molar-refractivity contribution in [2.75, 3.05) is 24.6 Å². The molecule has 1 saturated heterocycles. The van der Waals surface area contributed by atoms with Gasteiger partial charge in [-0.25, -0.2) is 14.6 Å². The zero-order valence-electron chi connectivity index (χ0n) is 14.5. The molecule has 4 rings (SSSR count).